The van der Waals surface area contributed by atoms with Crippen LogP contribution in [0.4, 0.5) is 11.5 Å². The second-order valence-electron chi connectivity index (χ2n) is 3.60. The molecule has 0 amide bonds. The van der Waals surface area contributed by atoms with Gasteiger partial charge in [-0.15, -0.1) is 0 Å². The molecule has 0 aromatic carbocycles. The van der Waals surface area contributed by atoms with Crippen LogP contribution < -0.4 is 10.9 Å². The van der Waals surface area contributed by atoms with E-state index in [0.29, 0.717) is 17.2 Å². The van der Waals surface area contributed by atoms with Gasteiger partial charge in [-0.3, -0.25) is 25.9 Å². The Hall–Kier alpha value is -2.96. The smallest absolute Gasteiger partial charge is 0.287 e. The van der Waals surface area contributed by atoms with E-state index in [0.717, 1.165) is 0 Å². The molecule has 0 unspecified atom stereocenters. The monoisotopic (exact) mass is 257 g/mol. The van der Waals surface area contributed by atoms with E-state index in [2.05, 4.69) is 27.4 Å². The third kappa shape index (κ3) is 3.25. The lowest BCUT2D eigenvalue weighted by molar-refractivity contribution is -0.385. The summed E-state index contributed by atoms with van der Waals surface area (Å²) in [5.41, 5.74) is 6.81. The second-order valence-corrected chi connectivity index (χ2v) is 3.60. The van der Waals surface area contributed by atoms with Crippen LogP contribution in [0.5, 0.6) is 0 Å². The van der Waals surface area contributed by atoms with Crippen molar-refractivity contribution < 1.29 is 4.92 Å². The average molecular weight is 257 g/mol. The first kappa shape index (κ1) is 12.5. The van der Waals surface area contributed by atoms with E-state index in [1.807, 2.05) is 12.1 Å². The highest BCUT2D eigenvalue weighted by molar-refractivity contribution is 5.59. The van der Waals surface area contributed by atoms with E-state index in [4.69, 9.17) is 0 Å². The van der Waals surface area contributed by atoms with Gasteiger partial charge >= 0.3 is 0 Å². The molecule has 0 spiro atoms. The Bertz CT molecular complexity index is 583. The maximum Gasteiger partial charge on any atom is 0.287 e. The molecule has 0 radical (unpaired) electrons. The highest BCUT2D eigenvalue weighted by atomic mass is 16.6. The minimum absolute atomic E-state index is 0.0610. The predicted octanol–water partition coefficient (Wildman–Crippen LogP) is 1.97. The van der Waals surface area contributed by atoms with Gasteiger partial charge in [0.2, 0.25) is 0 Å². The summed E-state index contributed by atoms with van der Waals surface area (Å²) in [7, 11) is 0. The van der Waals surface area contributed by atoms with Crippen LogP contribution >= 0.6 is 0 Å². The third-order valence-corrected chi connectivity index (χ3v) is 2.27. The fraction of sp³-hybridized carbons (Fsp3) is 0. The molecule has 0 bridgehead atoms. The standard InChI is InChI=1S/C12H11N5O2/c1-9(11-4-2-3-7-13-11)15-16-12-6-5-10(8-14-12)17(18)19/h2-8,15H,1H2,(H,14,16). The molecule has 0 aliphatic rings. The molecule has 0 atom stereocenters. The number of rotatable bonds is 5. The molecule has 2 aromatic heterocycles. The van der Waals surface area contributed by atoms with Crippen LogP contribution in [0.3, 0.4) is 0 Å². The number of nitro groups is 1. The molecule has 2 aromatic rings. The zero-order valence-electron chi connectivity index (χ0n) is 9.91. The Kier molecular flexibility index (Phi) is 3.67. The van der Waals surface area contributed by atoms with E-state index in [9.17, 15) is 10.1 Å². The number of anilines is 1. The largest absolute Gasteiger partial charge is 0.298 e. The summed E-state index contributed by atoms with van der Waals surface area (Å²) in [5.74, 6) is 0.447. The van der Waals surface area contributed by atoms with E-state index in [-0.39, 0.29) is 5.69 Å². The van der Waals surface area contributed by atoms with Crippen molar-refractivity contribution in [2.24, 2.45) is 0 Å². The van der Waals surface area contributed by atoms with Crippen molar-refractivity contribution >= 4 is 17.2 Å². The fourth-order valence-electron chi connectivity index (χ4n) is 1.31. The Morgan fingerprint density at radius 2 is 2.11 bits per heavy atom. The Morgan fingerprint density at radius 1 is 1.26 bits per heavy atom. The van der Waals surface area contributed by atoms with Crippen molar-refractivity contribution in [3.8, 4) is 0 Å². The maximum atomic E-state index is 10.5. The molecule has 2 rings (SSSR count). The number of nitrogens with one attached hydrogen (secondary N) is 2. The molecule has 0 saturated heterocycles. The van der Waals surface area contributed by atoms with Crippen LogP contribution in [-0.4, -0.2) is 14.9 Å². The van der Waals surface area contributed by atoms with Crippen molar-refractivity contribution in [3.63, 3.8) is 0 Å². The Balaban J connectivity index is 1.95. The molecule has 7 heteroatoms. The zero-order valence-corrected chi connectivity index (χ0v) is 9.91. The summed E-state index contributed by atoms with van der Waals surface area (Å²) in [4.78, 5) is 18.0. The number of hydrogen-bond acceptors (Lipinski definition) is 6. The van der Waals surface area contributed by atoms with Crippen LogP contribution in [0.1, 0.15) is 5.69 Å². The first-order valence-electron chi connectivity index (χ1n) is 5.39. The van der Waals surface area contributed by atoms with Crippen molar-refractivity contribution in [1.29, 1.82) is 0 Å². The fourth-order valence-corrected chi connectivity index (χ4v) is 1.31. The lowest BCUT2D eigenvalue weighted by Crippen LogP contribution is -2.20. The number of hydrogen-bond donors (Lipinski definition) is 2. The molecule has 2 heterocycles. The van der Waals surface area contributed by atoms with Crippen LogP contribution in [0.2, 0.25) is 0 Å². The molecular weight excluding hydrogens is 246 g/mol. The predicted molar refractivity (Wildman–Crippen MR) is 70.9 cm³/mol. The van der Waals surface area contributed by atoms with Crippen molar-refractivity contribution in [2.75, 3.05) is 5.43 Å². The highest BCUT2D eigenvalue weighted by Crippen LogP contribution is 2.12. The summed E-state index contributed by atoms with van der Waals surface area (Å²) < 4.78 is 0. The normalized spacial score (nSPS) is 9.68. The minimum atomic E-state index is -0.503. The van der Waals surface area contributed by atoms with E-state index in [1.54, 1.807) is 12.3 Å². The first-order valence-corrected chi connectivity index (χ1v) is 5.39. The van der Waals surface area contributed by atoms with Gasteiger partial charge in [0.05, 0.1) is 16.3 Å². The molecular formula is C12H11N5O2. The highest BCUT2D eigenvalue weighted by Gasteiger charge is 2.05. The molecule has 0 saturated carbocycles. The van der Waals surface area contributed by atoms with Gasteiger partial charge in [0, 0.05) is 12.3 Å². The van der Waals surface area contributed by atoms with E-state index >= 15 is 0 Å². The molecule has 7 nitrogen and oxygen atoms in total. The lowest BCUT2D eigenvalue weighted by atomic mass is 10.3. The second kappa shape index (κ2) is 5.58. The van der Waals surface area contributed by atoms with Gasteiger partial charge in [0.15, 0.2) is 0 Å². The summed E-state index contributed by atoms with van der Waals surface area (Å²) in [6.45, 7) is 3.81. The van der Waals surface area contributed by atoms with Gasteiger partial charge in [-0.05, 0) is 18.2 Å². The molecule has 19 heavy (non-hydrogen) atoms. The van der Waals surface area contributed by atoms with Gasteiger partial charge in [-0.25, -0.2) is 4.98 Å². The summed E-state index contributed by atoms with van der Waals surface area (Å²) in [6.07, 6.45) is 2.83. The van der Waals surface area contributed by atoms with E-state index in [1.165, 1.54) is 18.3 Å². The quantitative estimate of drug-likeness (QED) is 0.628. The Labute approximate surface area is 109 Å². The van der Waals surface area contributed by atoms with E-state index < -0.39 is 4.92 Å². The van der Waals surface area contributed by atoms with Gasteiger partial charge in [0.25, 0.3) is 5.69 Å². The minimum Gasteiger partial charge on any atom is -0.298 e. The molecule has 0 aliphatic carbocycles. The van der Waals surface area contributed by atoms with Crippen LogP contribution in [0, 0.1) is 10.1 Å². The summed E-state index contributed by atoms with van der Waals surface area (Å²) in [6, 6.07) is 8.32. The van der Waals surface area contributed by atoms with Crippen molar-refractivity contribution in [2.45, 2.75) is 0 Å². The maximum absolute atomic E-state index is 10.5. The number of pyridine rings is 2. The van der Waals surface area contributed by atoms with Crippen molar-refractivity contribution in [3.05, 3.63) is 65.1 Å². The third-order valence-electron chi connectivity index (χ3n) is 2.27. The number of aromatic nitrogens is 2. The topological polar surface area (TPSA) is 93.0 Å². The summed E-state index contributed by atoms with van der Waals surface area (Å²) in [5, 5.41) is 10.5. The van der Waals surface area contributed by atoms with Crippen molar-refractivity contribution in [1.82, 2.24) is 15.4 Å². The van der Waals surface area contributed by atoms with Gasteiger partial charge in [0.1, 0.15) is 12.0 Å². The molecule has 0 fully saturated rings. The average Bonchev–Trinajstić information content (AvgIpc) is 2.46. The SMILES string of the molecule is C=C(NNc1ccc([N+](=O)[O-])cn1)c1ccccn1. The lowest BCUT2D eigenvalue weighted by Gasteiger charge is -2.10. The van der Waals surface area contributed by atoms with Gasteiger partial charge in [-0.2, -0.15) is 0 Å². The zero-order chi connectivity index (χ0) is 13.7. The summed E-state index contributed by atoms with van der Waals surface area (Å²) >= 11 is 0. The number of hydrazine groups is 1. The first-order chi connectivity index (χ1) is 9.16. The van der Waals surface area contributed by atoms with Crippen LogP contribution in [0.25, 0.3) is 5.70 Å². The molecule has 96 valence electrons. The van der Waals surface area contributed by atoms with Gasteiger partial charge in [-0.1, -0.05) is 12.6 Å². The molecule has 0 aliphatic heterocycles. The molecule has 2 N–H and O–H groups in total. The van der Waals surface area contributed by atoms with Crippen LogP contribution in [-0.2, 0) is 0 Å². The van der Waals surface area contributed by atoms with Gasteiger partial charge < -0.3 is 0 Å². The van der Waals surface area contributed by atoms with Crippen LogP contribution in [0.15, 0.2) is 49.3 Å². The Morgan fingerprint density at radius 3 is 2.68 bits per heavy atom. The number of nitrogens with zero attached hydrogens (tertiary/aromatic N) is 3.